The second-order valence-corrected chi connectivity index (χ2v) is 15.1. The topological polar surface area (TPSA) is 22.1 Å². The van der Waals surface area contributed by atoms with Crippen LogP contribution in [0, 0.1) is 23.7 Å². The van der Waals surface area contributed by atoms with Gasteiger partial charge in [-0.3, -0.25) is 4.98 Å². The Labute approximate surface area is 287 Å². The number of para-hydroxylation sites is 1. The predicted octanol–water partition coefficient (Wildman–Crippen LogP) is 12.2. The monoisotopic (exact) mass is 631 g/mol. The summed E-state index contributed by atoms with van der Waals surface area (Å²) in [5, 5.41) is 4.91. The third-order valence-electron chi connectivity index (χ3n) is 12.8. The highest BCUT2D eigenvalue weighted by Crippen LogP contribution is 2.69. The maximum Gasteiger partial charge on any atom is 0.132 e. The van der Waals surface area contributed by atoms with E-state index >= 15 is 0 Å². The molecular formula is C47H37NO. The molecule has 0 unspecified atom stereocenters. The summed E-state index contributed by atoms with van der Waals surface area (Å²) in [6.07, 6.45) is 10.9. The van der Waals surface area contributed by atoms with Crippen LogP contribution in [0.3, 0.4) is 0 Å². The van der Waals surface area contributed by atoms with Crippen LogP contribution in [0.1, 0.15) is 43.2 Å². The number of pyridine rings is 1. The average Bonchev–Trinajstić information content (AvgIpc) is 3.15. The second-order valence-electron chi connectivity index (χ2n) is 15.1. The number of nitrogens with zero attached hydrogens (tertiary/aromatic N) is 1. The van der Waals surface area contributed by atoms with Crippen molar-refractivity contribution in [3.63, 3.8) is 0 Å². The number of rotatable bonds is 3. The first kappa shape index (κ1) is 27.7. The molecule has 1 spiro atoms. The molecule has 4 saturated carbocycles. The Morgan fingerprint density at radius 1 is 0.469 bits per heavy atom. The van der Waals surface area contributed by atoms with Gasteiger partial charge in [0.05, 0.1) is 0 Å². The van der Waals surface area contributed by atoms with E-state index in [2.05, 4.69) is 132 Å². The molecule has 2 heterocycles. The van der Waals surface area contributed by atoms with Gasteiger partial charge in [0.25, 0.3) is 0 Å². The molecule has 5 aliphatic rings. The van der Waals surface area contributed by atoms with Crippen molar-refractivity contribution < 1.29 is 4.74 Å². The smallest absolute Gasteiger partial charge is 0.132 e. The Kier molecular flexibility index (Phi) is 5.88. The van der Waals surface area contributed by atoms with E-state index in [0.29, 0.717) is 11.8 Å². The van der Waals surface area contributed by atoms with Crippen LogP contribution in [0.15, 0.2) is 140 Å². The quantitative estimate of drug-likeness (QED) is 0.194. The molecule has 0 saturated heterocycles. The molecule has 4 bridgehead atoms. The Morgan fingerprint density at radius 3 is 1.82 bits per heavy atom. The Morgan fingerprint density at radius 2 is 1.06 bits per heavy atom. The standard InChI is InChI=1S/C47H37NO/c1-2-8-31(9-3-1)35-15-17-40(41-20-21-48-28-42(35)41)39-18-16-36(37-10-4-5-11-38(37)39)32-14-19-44-46(27-32)49-45-13-7-6-12-43(45)47(44)33-23-29-22-30(25-33)26-34(47)24-29/h1-21,27-30,33-34H,22-26H2. The van der Waals surface area contributed by atoms with E-state index in [0.717, 1.165) is 23.3 Å². The van der Waals surface area contributed by atoms with E-state index < -0.39 is 0 Å². The Balaban J connectivity index is 1.06. The molecular weight excluding hydrogens is 595 g/mol. The van der Waals surface area contributed by atoms with Crippen molar-refractivity contribution in [3.8, 4) is 44.9 Å². The van der Waals surface area contributed by atoms with Crippen molar-refractivity contribution in [1.82, 2.24) is 4.98 Å². The first-order valence-electron chi connectivity index (χ1n) is 18.1. The zero-order valence-corrected chi connectivity index (χ0v) is 27.5. The molecule has 12 rings (SSSR count). The van der Waals surface area contributed by atoms with Gasteiger partial charge in [0.1, 0.15) is 11.5 Å². The van der Waals surface area contributed by atoms with E-state index in [1.807, 2.05) is 12.4 Å². The third-order valence-corrected chi connectivity index (χ3v) is 12.8. The summed E-state index contributed by atoms with van der Waals surface area (Å²) < 4.78 is 6.87. The Bertz CT molecular complexity index is 2410. The van der Waals surface area contributed by atoms with Crippen molar-refractivity contribution in [2.45, 2.75) is 37.5 Å². The summed E-state index contributed by atoms with van der Waals surface area (Å²) in [7, 11) is 0. The van der Waals surface area contributed by atoms with Gasteiger partial charge >= 0.3 is 0 Å². The van der Waals surface area contributed by atoms with Crippen LogP contribution in [0.25, 0.3) is 54.9 Å². The van der Waals surface area contributed by atoms with Crippen molar-refractivity contribution in [2.24, 2.45) is 23.7 Å². The molecule has 2 heteroatoms. The highest BCUT2D eigenvalue weighted by Gasteiger charge is 2.61. The first-order chi connectivity index (χ1) is 24.3. The number of hydrogen-bond acceptors (Lipinski definition) is 2. The molecule has 1 aromatic heterocycles. The minimum Gasteiger partial charge on any atom is -0.457 e. The second kappa shape index (κ2) is 10.4. The fourth-order valence-electron chi connectivity index (χ4n) is 11.2. The molecule has 7 aromatic rings. The van der Waals surface area contributed by atoms with Gasteiger partial charge in [-0.2, -0.15) is 0 Å². The van der Waals surface area contributed by atoms with Crippen LogP contribution >= 0.6 is 0 Å². The number of aromatic nitrogens is 1. The third kappa shape index (κ3) is 3.92. The van der Waals surface area contributed by atoms with Crippen molar-refractivity contribution >= 4 is 21.5 Å². The highest BCUT2D eigenvalue weighted by atomic mass is 16.5. The summed E-state index contributed by atoms with van der Waals surface area (Å²) >= 11 is 0. The highest BCUT2D eigenvalue weighted by molar-refractivity contribution is 6.12. The van der Waals surface area contributed by atoms with Crippen molar-refractivity contribution in [3.05, 3.63) is 151 Å². The van der Waals surface area contributed by atoms with E-state index in [-0.39, 0.29) is 5.41 Å². The predicted molar refractivity (Wildman–Crippen MR) is 200 cm³/mol. The summed E-state index contributed by atoms with van der Waals surface area (Å²) in [5.41, 5.74) is 10.3. The molecule has 2 nitrogen and oxygen atoms in total. The molecule has 4 aliphatic carbocycles. The van der Waals surface area contributed by atoms with Crippen molar-refractivity contribution in [1.29, 1.82) is 0 Å². The molecule has 6 aromatic carbocycles. The molecule has 0 atom stereocenters. The van der Waals surface area contributed by atoms with Crippen LogP contribution in [0.2, 0.25) is 0 Å². The van der Waals surface area contributed by atoms with E-state index in [1.165, 1.54) is 98.2 Å². The normalized spacial score (nSPS) is 24.6. The van der Waals surface area contributed by atoms with E-state index in [4.69, 9.17) is 4.74 Å². The minimum atomic E-state index is 0.0733. The SMILES string of the molecule is c1ccc(-c2ccc(-c3ccc(-c4ccc5c(c4)Oc4ccccc4C54C5CC6CC(C5)CC4C6)c4ccccc34)c3ccncc23)cc1. The van der Waals surface area contributed by atoms with Crippen LogP contribution in [-0.4, -0.2) is 4.98 Å². The first-order valence-corrected chi connectivity index (χ1v) is 18.1. The summed E-state index contributed by atoms with van der Waals surface area (Å²) in [6, 6.07) is 47.1. The number of hydrogen-bond donors (Lipinski definition) is 0. The largest absolute Gasteiger partial charge is 0.457 e. The van der Waals surface area contributed by atoms with Crippen molar-refractivity contribution in [2.75, 3.05) is 0 Å². The van der Waals surface area contributed by atoms with Crippen LogP contribution in [0.4, 0.5) is 0 Å². The maximum absolute atomic E-state index is 6.87. The molecule has 1 aliphatic heterocycles. The molecule has 49 heavy (non-hydrogen) atoms. The number of fused-ring (bicyclic) bond motifs is 4. The van der Waals surface area contributed by atoms with Crippen LogP contribution < -0.4 is 4.74 Å². The van der Waals surface area contributed by atoms with Gasteiger partial charge in [-0.25, -0.2) is 0 Å². The summed E-state index contributed by atoms with van der Waals surface area (Å²) in [5.74, 6) is 5.37. The lowest BCUT2D eigenvalue weighted by atomic mass is 9.42. The molecule has 0 amide bonds. The molecule has 4 fully saturated rings. The minimum absolute atomic E-state index is 0.0733. The lowest BCUT2D eigenvalue weighted by Gasteiger charge is -2.63. The van der Waals surface area contributed by atoms with E-state index in [1.54, 1.807) is 0 Å². The fraction of sp³-hybridized carbons (Fsp3) is 0.213. The van der Waals surface area contributed by atoms with Crippen LogP contribution in [0.5, 0.6) is 11.5 Å². The lowest BCUT2D eigenvalue weighted by molar-refractivity contribution is -0.0452. The van der Waals surface area contributed by atoms with Gasteiger partial charge in [-0.15, -0.1) is 0 Å². The zero-order valence-electron chi connectivity index (χ0n) is 27.5. The van der Waals surface area contributed by atoms with Gasteiger partial charge < -0.3 is 4.74 Å². The Hall–Kier alpha value is -5.21. The average molecular weight is 632 g/mol. The maximum atomic E-state index is 6.87. The zero-order chi connectivity index (χ0) is 32.1. The number of ether oxygens (including phenoxy) is 1. The number of benzene rings is 6. The van der Waals surface area contributed by atoms with E-state index in [9.17, 15) is 0 Å². The molecule has 0 radical (unpaired) electrons. The van der Waals surface area contributed by atoms with Gasteiger partial charge in [0.2, 0.25) is 0 Å². The summed E-state index contributed by atoms with van der Waals surface area (Å²) in [4.78, 5) is 4.54. The molecule has 236 valence electrons. The van der Waals surface area contributed by atoms with Gasteiger partial charge in [0.15, 0.2) is 0 Å². The summed E-state index contributed by atoms with van der Waals surface area (Å²) in [6.45, 7) is 0. The molecule has 0 N–H and O–H groups in total. The van der Waals surface area contributed by atoms with Gasteiger partial charge in [0, 0.05) is 34.3 Å². The van der Waals surface area contributed by atoms with Gasteiger partial charge in [-0.05, 0) is 124 Å². The fourth-order valence-corrected chi connectivity index (χ4v) is 11.2. The van der Waals surface area contributed by atoms with Crippen LogP contribution in [-0.2, 0) is 5.41 Å². The lowest BCUT2D eigenvalue weighted by Crippen LogP contribution is -2.56. The van der Waals surface area contributed by atoms with Gasteiger partial charge in [-0.1, -0.05) is 109 Å².